The van der Waals surface area contributed by atoms with Gasteiger partial charge in [0.2, 0.25) is 0 Å². The second-order valence-electron chi connectivity index (χ2n) is 12.2. The maximum Gasteiger partial charge on any atom is 0.0702 e. The van der Waals surface area contributed by atoms with Gasteiger partial charge >= 0.3 is 0 Å². The molecule has 224 valence electrons. The fourth-order valence-electron chi connectivity index (χ4n) is 7.08. The van der Waals surface area contributed by atoms with Crippen molar-refractivity contribution in [2.45, 2.75) is 0 Å². The summed E-state index contributed by atoms with van der Waals surface area (Å²) >= 11 is 0. The molecular formula is C46H30N2. The second-order valence-corrected chi connectivity index (χ2v) is 12.2. The molecule has 0 saturated carbocycles. The van der Waals surface area contributed by atoms with E-state index in [9.17, 15) is 0 Å². The molecule has 9 rings (SSSR count). The summed E-state index contributed by atoms with van der Waals surface area (Å²) in [5.41, 5.74) is 11.3. The van der Waals surface area contributed by atoms with Crippen LogP contribution >= 0.6 is 0 Å². The van der Waals surface area contributed by atoms with Gasteiger partial charge in [-0.05, 0) is 120 Å². The number of pyridine rings is 2. The van der Waals surface area contributed by atoms with E-state index in [2.05, 4.69) is 151 Å². The standard InChI is InChI=1S/C46H30N2/c1-2-11-31(12-3-1)44-28-32(33-20-22-43-41-16-5-4-14-39(41)40-15-6-7-17-42(40)45(43)29-33)19-21-38(44)36-25-35(34-13-10-23-47-30-34)26-37(27-36)46-18-8-9-24-48-46/h1-30H. The topological polar surface area (TPSA) is 25.8 Å². The van der Waals surface area contributed by atoms with E-state index < -0.39 is 0 Å². The van der Waals surface area contributed by atoms with Crippen LogP contribution in [0.3, 0.4) is 0 Å². The van der Waals surface area contributed by atoms with E-state index in [1.807, 2.05) is 36.8 Å². The zero-order valence-corrected chi connectivity index (χ0v) is 26.2. The van der Waals surface area contributed by atoms with Crippen molar-refractivity contribution in [2.75, 3.05) is 0 Å². The first-order chi connectivity index (χ1) is 23.8. The van der Waals surface area contributed by atoms with Crippen LogP contribution in [0.2, 0.25) is 0 Å². The minimum Gasteiger partial charge on any atom is -0.264 e. The third-order valence-corrected chi connectivity index (χ3v) is 9.38. The highest BCUT2D eigenvalue weighted by Gasteiger charge is 2.15. The highest BCUT2D eigenvalue weighted by Crippen LogP contribution is 2.41. The van der Waals surface area contributed by atoms with Gasteiger partial charge in [0.25, 0.3) is 0 Å². The molecule has 2 aromatic heterocycles. The lowest BCUT2D eigenvalue weighted by Gasteiger charge is -2.16. The molecule has 0 aliphatic carbocycles. The average Bonchev–Trinajstić information content (AvgIpc) is 3.18. The Morgan fingerprint density at radius 1 is 0.292 bits per heavy atom. The molecule has 0 aliphatic heterocycles. The lowest BCUT2D eigenvalue weighted by Crippen LogP contribution is -1.91. The molecule has 7 aromatic carbocycles. The lowest BCUT2D eigenvalue weighted by atomic mass is 9.87. The fraction of sp³-hybridized carbons (Fsp3) is 0. The molecule has 9 aromatic rings. The molecule has 2 heteroatoms. The molecule has 0 bridgehead atoms. The normalized spacial score (nSPS) is 11.3. The van der Waals surface area contributed by atoms with Crippen LogP contribution in [0, 0.1) is 0 Å². The molecule has 0 spiro atoms. The van der Waals surface area contributed by atoms with Crippen LogP contribution in [0.25, 0.3) is 88.1 Å². The average molecular weight is 611 g/mol. The third kappa shape index (κ3) is 4.92. The Morgan fingerprint density at radius 3 is 1.60 bits per heavy atom. The molecule has 0 amide bonds. The largest absolute Gasteiger partial charge is 0.264 e. The summed E-state index contributed by atoms with van der Waals surface area (Å²) in [5, 5.41) is 7.70. The highest BCUT2D eigenvalue weighted by molar-refractivity contribution is 6.25. The zero-order chi connectivity index (χ0) is 31.9. The predicted octanol–water partition coefficient (Wildman–Crippen LogP) is 12.3. The quantitative estimate of drug-likeness (QED) is 0.181. The molecule has 0 saturated heterocycles. The van der Waals surface area contributed by atoms with Crippen molar-refractivity contribution in [3.05, 3.63) is 182 Å². The van der Waals surface area contributed by atoms with Gasteiger partial charge in [0.15, 0.2) is 0 Å². The monoisotopic (exact) mass is 610 g/mol. The number of fused-ring (bicyclic) bond motifs is 6. The highest BCUT2D eigenvalue weighted by atomic mass is 14.7. The van der Waals surface area contributed by atoms with Gasteiger partial charge in [-0.25, -0.2) is 0 Å². The van der Waals surface area contributed by atoms with Gasteiger partial charge in [-0.1, -0.05) is 115 Å². The number of aromatic nitrogens is 2. The van der Waals surface area contributed by atoms with Crippen molar-refractivity contribution in [1.29, 1.82) is 0 Å². The maximum atomic E-state index is 4.70. The molecule has 0 radical (unpaired) electrons. The smallest absolute Gasteiger partial charge is 0.0702 e. The van der Waals surface area contributed by atoms with Crippen LogP contribution in [0.4, 0.5) is 0 Å². The van der Waals surface area contributed by atoms with Crippen LogP contribution in [0.5, 0.6) is 0 Å². The lowest BCUT2D eigenvalue weighted by molar-refractivity contribution is 1.32. The molecule has 2 heterocycles. The number of rotatable bonds is 5. The summed E-state index contributed by atoms with van der Waals surface area (Å²) in [4.78, 5) is 9.12. The van der Waals surface area contributed by atoms with Crippen LogP contribution < -0.4 is 0 Å². The second kappa shape index (κ2) is 11.8. The molecule has 2 nitrogen and oxygen atoms in total. The van der Waals surface area contributed by atoms with Crippen molar-refractivity contribution >= 4 is 32.3 Å². The van der Waals surface area contributed by atoms with Crippen molar-refractivity contribution in [3.63, 3.8) is 0 Å². The van der Waals surface area contributed by atoms with Gasteiger partial charge in [-0.2, -0.15) is 0 Å². The number of nitrogens with zero attached hydrogens (tertiary/aromatic N) is 2. The summed E-state index contributed by atoms with van der Waals surface area (Å²) in [5.74, 6) is 0. The summed E-state index contributed by atoms with van der Waals surface area (Å²) in [6.07, 6.45) is 5.60. The Hall–Kier alpha value is -6.38. The Bertz CT molecular complexity index is 2500. The summed E-state index contributed by atoms with van der Waals surface area (Å²) in [7, 11) is 0. The number of hydrogen-bond acceptors (Lipinski definition) is 2. The number of benzene rings is 7. The van der Waals surface area contributed by atoms with Gasteiger partial charge in [-0.3, -0.25) is 9.97 Å². The van der Waals surface area contributed by atoms with E-state index in [0.29, 0.717) is 0 Å². The van der Waals surface area contributed by atoms with E-state index in [4.69, 9.17) is 4.98 Å². The van der Waals surface area contributed by atoms with E-state index in [1.54, 1.807) is 0 Å². The zero-order valence-electron chi connectivity index (χ0n) is 26.2. The van der Waals surface area contributed by atoms with E-state index in [-0.39, 0.29) is 0 Å². The first-order valence-corrected chi connectivity index (χ1v) is 16.3. The Labute approximate surface area is 279 Å². The summed E-state index contributed by atoms with van der Waals surface area (Å²) < 4.78 is 0. The maximum absolute atomic E-state index is 4.70. The van der Waals surface area contributed by atoms with Crippen molar-refractivity contribution in [3.8, 4) is 55.8 Å². The van der Waals surface area contributed by atoms with E-state index in [0.717, 1.165) is 27.9 Å². The predicted molar refractivity (Wildman–Crippen MR) is 202 cm³/mol. The van der Waals surface area contributed by atoms with Crippen LogP contribution in [-0.4, -0.2) is 9.97 Å². The van der Waals surface area contributed by atoms with Gasteiger partial charge in [-0.15, -0.1) is 0 Å². The first-order valence-electron chi connectivity index (χ1n) is 16.3. The van der Waals surface area contributed by atoms with Gasteiger partial charge in [0.05, 0.1) is 5.69 Å². The van der Waals surface area contributed by atoms with Gasteiger partial charge in [0.1, 0.15) is 0 Å². The fourth-order valence-corrected chi connectivity index (χ4v) is 7.08. The third-order valence-electron chi connectivity index (χ3n) is 9.38. The Kier molecular flexibility index (Phi) is 6.84. The Morgan fingerprint density at radius 2 is 0.896 bits per heavy atom. The molecule has 0 N–H and O–H groups in total. The van der Waals surface area contributed by atoms with Crippen LogP contribution in [-0.2, 0) is 0 Å². The Balaban J connectivity index is 1.26. The summed E-state index contributed by atoms with van der Waals surface area (Å²) in [6.45, 7) is 0. The van der Waals surface area contributed by atoms with Crippen molar-refractivity contribution < 1.29 is 0 Å². The number of hydrogen-bond donors (Lipinski definition) is 0. The molecule has 0 atom stereocenters. The van der Waals surface area contributed by atoms with Crippen LogP contribution in [0.15, 0.2) is 182 Å². The molecule has 0 fully saturated rings. The molecule has 0 unspecified atom stereocenters. The van der Waals surface area contributed by atoms with Crippen LogP contribution in [0.1, 0.15) is 0 Å². The van der Waals surface area contributed by atoms with Gasteiger partial charge < -0.3 is 0 Å². The minimum atomic E-state index is 0.943. The summed E-state index contributed by atoms with van der Waals surface area (Å²) in [6, 6.07) is 59.0. The van der Waals surface area contributed by atoms with Gasteiger partial charge in [0, 0.05) is 29.7 Å². The van der Waals surface area contributed by atoms with Crippen molar-refractivity contribution in [1.82, 2.24) is 9.97 Å². The molecule has 48 heavy (non-hydrogen) atoms. The first kappa shape index (κ1) is 27.9. The molecular weight excluding hydrogens is 581 g/mol. The molecule has 0 aliphatic rings. The van der Waals surface area contributed by atoms with Crippen molar-refractivity contribution in [2.24, 2.45) is 0 Å². The minimum absolute atomic E-state index is 0.943. The van der Waals surface area contributed by atoms with E-state index in [1.165, 1.54) is 60.1 Å². The van der Waals surface area contributed by atoms with E-state index >= 15 is 0 Å². The SMILES string of the molecule is c1ccc(-c2cc(-c3ccc4c5ccccc5c5ccccc5c4c3)ccc2-c2cc(-c3cccnc3)cc(-c3ccccn3)c2)cc1.